The number of nitrogens with two attached hydrogens (primary N) is 1. The van der Waals surface area contributed by atoms with Crippen LogP contribution in [0.15, 0.2) is 24.3 Å². The molecule has 0 unspecified atom stereocenters. The van der Waals surface area contributed by atoms with Crippen LogP contribution in [-0.4, -0.2) is 50.0 Å². The second-order valence-electron chi connectivity index (χ2n) is 4.27. The Hall–Kier alpha value is -1.20. The summed E-state index contributed by atoms with van der Waals surface area (Å²) < 4.78 is 0. The second kappa shape index (κ2) is 7.28. The van der Waals surface area contributed by atoms with Crippen LogP contribution >= 0.6 is 11.8 Å². The lowest BCUT2D eigenvalue weighted by molar-refractivity contribution is -0.119. The highest BCUT2D eigenvalue weighted by Gasteiger charge is 2.12. The molecule has 18 heavy (non-hydrogen) atoms. The van der Waals surface area contributed by atoms with Crippen molar-refractivity contribution in [3.8, 4) is 0 Å². The fourth-order valence-electron chi connectivity index (χ4n) is 1.51. The molecule has 1 aromatic carbocycles. The SMILES string of the molecule is CSCCN(C)CC(=O)N(C)c1ccc(N)cc1. The molecule has 0 atom stereocenters. The van der Waals surface area contributed by atoms with E-state index in [9.17, 15) is 4.79 Å². The van der Waals surface area contributed by atoms with Crippen LogP contribution in [0.1, 0.15) is 0 Å². The van der Waals surface area contributed by atoms with Crippen LogP contribution in [0.2, 0.25) is 0 Å². The molecule has 1 rings (SSSR count). The number of rotatable bonds is 6. The van der Waals surface area contributed by atoms with Gasteiger partial charge in [0, 0.05) is 30.7 Å². The van der Waals surface area contributed by atoms with Gasteiger partial charge in [0.1, 0.15) is 0 Å². The molecule has 2 N–H and O–H groups in total. The number of likely N-dealkylation sites (N-methyl/N-ethyl adjacent to an activating group) is 2. The number of nitrogens with zero attached hydrogens (tertiary/aromatic N) is 2. The van der Waals surface area contributed by atoms with E-state index in [-0.39, 0.29) is 5.91 Å². The quantitative estimate of drug-likeness (QED) is 0.794. The summed E-state index contributed by atoms with van der Waals surface area (Å²) in [6.07, 6.45) is 2.07. The largest absolute Gasteiger partial charge is 0.399 e. The fourth-order valence-corrected chi connectivity index (χ4v) is 2.00. The molecular formula is C13H21N3OS. The molecule has 0 spiro atoms. The predicted octanol–water partition coefficient (Wildman–Crippen LogP) is 1.53. The van der Waals surface area contributed by atoms with E-state index in [1.54, 1.807) is 35.8 Å². The summed E-state index contributed by atoms with van der Waals surface area (Å²) in [4.78, 5) is 15.7. The van der Waals surface area contributed by atoms with Crippen molar-refractivity contribution in [2.75, 3.05) is 49.8 Å². The summed E-state index contributed by atoms with van der Waals surface area (Å²) >= 11 is 1.78. The van der Waals surface area contributed by atoms with Crippen molar-refractivity contribution in [1.29, 1.82) is 0 Å². The van der Waals surface area contributed by atoms with E-state index in [0.29, 0.717) is 12.2 Å². The number of nitrogen functional groups attached to an aromatic ring is 1. The van der Waals surface area contributed by atoms with E-state index in [1.165, 1.54) is 0 Å². The number of carbonyl (C=O) groups is 1. The van der Waals surface area contributed by atoms with Gasteiger partial charge < -0.3 is 10.6 Å². The Morgan fingerprint density at radius 2 is 1.89 bits per heavy atom. The second-order valence-corrected chi connectivity index (χ2v) is 5.26. The molecule has 4 nitrogen and oxygen atoms in total. The van der Waals surface area contributed by atoms with E-state index in [1.807, 2.05) is 24.1 Å². The Bertz CT molecular complexity index is 380. The summed E-state index contributed by atoms with van der Waals surface area (Å²) in [6, 6.07) is 7.32. The third kappa shape index (κ3) is 4.58. The van der Waals surface area contributed by atoms with Gasteiger partial charge in [-0.2, -0.15) is 11.8 Å². The minimum Gasteiger partial charge on any atom is -0.399 e. The van der Waals surface area contributed by atoms with Crippen molar-refractivity contribution < 1.29 is 4.79 Å². The number of anilines is 2. The zero-order valence-corrected chi connectivity index (χ0v) is 12.0. The highest BCUT2D eigenvalue weighted by atomic mass is 32.2. The van der Waals surface area contributed by atoms with E-state index >= 15 is 0 Å². The average molecular weight is 267 g/mol. The van der Waals surface area contributed by atoms with Crippen molar-refractivity contribution in [1.82, 2.24) is 4.90 Å². The van der Waals surface area contributed by atoms with Crippen molar-refractivity contribution >= 4 is 29.0 Å². The Morgan fingerprint density at radius 3 is 2.44 bits per heavy atom. The van der Waals surface area contributed by atoms with Gasteiger partial charge in [-0.3, -0.25) is 9.69 Å². The molecule has 0 saturated heterocycles. The lowest BCUT2D eigenvalue weighted by atomic mass is 10.2. The van der Waals surface area contributed by atoms with Crippen LogP contribution < -0.4 is 10.6 Å². The normalized spacial score (nSPS) is 10.7. The molecule has 1 amide bonds. The summed E-state index contributed by atoms with van der Waals surface area (Å²) in [5, 5.41) is 0. The number of carbonyl (C=O) groups excluding carboxylic acids is 1. The monoisotopic (exact) mass is 267 g/mol. The van der Waals surface area contributed by atoms with E-state index < -0.39 is 0 Å². The van der Waals surface area contributed by atoms with Gasteiger partial charge in [-0.05, 0) is 37.6 Å². The Labute approximate surface area is 113 Å². The van der Waals surface area contributed by atoms with Crippen molar-refractivity contribution in [2.45, 2.75) is 0 Å². The molecule has 0 fully saturated rings. The molecule has 0 saturated carbocycles. The minimum absolute atomic E-state index is 0.0865. The lowest BCUT2D eigenvalue weighted by Gasteiger charge is -2.21. The Kier molecular flexibility index (Phi) is 6.01. The predicted molar refractivity (Wildman–Crippen MR) is 80.1 cm³/mol. The fraction of sp³-hybridized carbons (Fsp3) is 0.462. The third-order valence-corrected chi connectivity index (χ3v) is 3.33. The highest BCUT2D eigenvalue weighted by Crippen LogP contribution is 2.14. The summed E-state index contributed by atoms with van der Waals surface area (Å²) in [5.41, 5.74) is 7.20. The Morgan fingerprint density at radius 1 is 1.28 bits per heavy atom. The first-order valence-electron chi connectivity index (χ1n) is 5.84. The maximum Gasteiger partial charge on any atom is 0.240 e. The summed E-state index contributed by atoms with van der Waals surface area (Å²) in [7, 11) is 3.75. The van der Waals surface area contributed by atoms with Gasteiger partial charge in [-0.15, -0.1) is 0 Å². The minimum atomic E-state index is 0.0865. The first-order chi connectivity index (χ1) is 8.54. The molecule has 0 radical (unpaired) electrons. The molecule has 0 aliphatic heterocycles. The van der Waals surface area contributed by atoms with Gasteiger partial charge in [-0.25, -0.2) is 0 Å². The first kappa shape index (κ1) is 14.9. The van der Waals surface area contributed by atoms with Gasteiger partial charge in [-0.1, -0.05) is 0 Å². The molecule has 0 aliphatic carbocycles. The van der Waals surface area contributed by atoms with E-state index in [2.05, 4.69) is 6.26 Å². The van der Waals surface area contributed by atoms with Crippen LogP contribution in [0, 0.1) is 0 Å². The zero-order chi connectivity index (χ0) is 13.5. The van der Waals surface area contributed by atoms with Crippen LogP contribution in [0.3, 0.4) is 0 Å². The summed E-state index contributed by atoms with van der Waals surface area (Å²) in [6.45, 7) is 1.35. The van der Waals surface area contributed by atoms with E-state index in [4.69, 9.17) is 5.73 Å². The number of hydrogen-bond donors (Lipinski definition) is 1. The topological polar surface area (TPSA) is 49.6 Å². The highest BCUT2D eigenvalue weighted by molar-refractivity contribution is 7.98. The van der Waals surface area contributed by atoms with Crippen LogP contribution in [0.25, 0.3) is 0 Å². The van der Waals surface area contributed by atoms with Gasteiger partial charge in [0.15, 0.2) is 0 Å². The molecule has 100 valence electrons. The zero-order valence-electron chi connectivity index (χ0n) is 11.2. The number of hydrogen-bond acceptors (Lipinski definition) is 4. The summed E-state index contributed by atoms with van der Waals surface area (Å²) in [5.74, 6) is 1.12. The molecule has 0 aromatic heterocycles. The number of thioether (sulfide) groups is 1. The first-order valence-corrected chi connectivity index (χ1v) is 7.23. The van der Waals surface area contributed by atoms with Gasteiger partial charge >= 0.3 is 0 Å². The molecule has 0 heterocycles. The van der Waals surface area contributed by atoms with Crippen LogP contribution in [-0.2, 0) is 4.79 Å². The lowest BCUT2D eigenvalue weighted by Crippen LogP contribution is -2.37. The van der Waals surface area contributed by atoms with Gasteiger partial charge in [0.25, 0.3) is 0 Å². The van der Waals surface area contributed by atoms with Crippen molar-refractivity contribution in [3.63, 3.8) is 0 Å². The van der Waals surface area contributed by atoms with Crippen molar-refractivity contribution in [3.05, 3.63) is 24.3 Å². The molecule has 1 aromatic rings. The maximum atomic E-state index is 12.0. The third-order valence-electron chi connectivity index (χ3n) is 2.74. The number of benzene rings is 1. The van der Waals surface area contributed by atoms with Crippen LogP contribution in [0.5, 0.6) is 0 Å². The molecule has 5 heteroatoms. The molecule has 0 bridgehead atoms. The molecular weight excluding hydrogens is 246 g/mol. The molecule has 0 aliphatic rings. The number of amides is 1. The smallest absolute Gasteiger partial charge is 0.240 e. The Balaban J connectivity index is 2.53. The van der Waals surface area contributed by atoms with Crippen molar-refractivity contribution in [2.24, 2.45) is 0 Å². The van der Waals surface area contributed by atoms with Crippen LogP contribution in [0.4, 0.5) is 11.4 Å². The average Bonchev–Trinajstić information content (AvgIpc) is 2.36. The van der Waals surface area contributed by atoms with Gasteiger partial charge in [0.05, 0.1) is 6.54 Å². The van der Waals surface area contributed by atoms with E-state index in [0.717, 1.165) is 18.0 Å². The standard InChI is InChI=1S/C13H21N3OS/c1-15(8-9-18-3)10-13(17)16(2)12-6-4-11(14)5-7-12/h4-7H,8-10,14H2,1-3H3. The maximum absolute atomic E-state index is 12.0. The van der Waals surface area contributed by atoms with Gasteiger partial charge in [0.2, 0.25) is 5.91 Å².